The van der Waals surface area contributed by atoms with E-state index in [1.807, 2.05) is 19.9 Å². The predicted molar refractivity (Wildman–Crippen MR) is 148 cm³/mol. The molecular formula is C31H44N2O7. The van der Waals surface area contributed by atoms with E-state index >= 15 is 0 Å². The fourth-order valence-corrected chi connectivity index (χ4v) is 7.51. The van der Waals surface area contributed by atoms with E-state index < -0.39 is 29.7 Å². The Kier molecular flexibility index (Phi) is 7.57. The van der Waals surface area contributed by atoms with E-state index in [1.54, 1.807) is 27.9 Å². The van der Waals surface area contributed by atoms with Gasteiger partial charge in [0.05, 0.1) is 13.5 Å². The van der Waals surface area contributed by atoms with Crippen LogP contribution in [0.15, 0.2) is 12.1 Å². The van der Waals surface area contributed by atoms with E-state index in [0.29, 0.717) is 12.0 Å². The van der Waals surface area contributed by atoms with Crippen molar-refractivity contribution in [2.24, 2.45) is 11.8 Å². The number of nitrogens with zero attached hydrogens (tertiary/aromatic N) is 1. The van der Waals surface area contributed by atoms with Crippen LogP contribution in [0, 0.1) is 11.8 Å². The maximum absolute atomic E-state index is 13.0. The van der Waals surface area contributed by atoms with Crippen LogP contribution < -0.4 is 14.8 Å². The van der Waals surface area contributed by atoms with E-state index in [4.69, 9.17) is 18.9 Å². The lowest BCUT2D eigenvalue weighted by atomic mass is 9.51. The van der Waals surface area contributed by atoms with Gasteiger partial charge in [-0.05, 0) is 83.5 Å². The van der Waals surface area contributed by atoms with Crippen LogP contribution in [0.4, 0.5) is 0 Å². The molecule has 1 saturated carbocycles. The van der Waals surface area contributed by atoms with Gasteiger partial charge in [-0.3, -0.25) is 9.59 Å². The van der Waals surface area contributed by atoms with Crippen molar-refractivity contribution in [2.75, 3.05) is 20.7 Å². The molecule has 220 valence electrons. The highest BCUT2D eigenvalue weighted by Crippen LogP contribution is 2.64. The second-order valence-electron chi connectivity index (χ2n) is 13.2. The summed E-state index contributed by atoms with van der Waals surface area (Å²) in [6, 6.07) is 3.81. The van der Waals surface area contributed by atoms with Gasteiger partial charge in [-0.15, -0.1) is 0 Å². The molecule has 9 nitrogen and oxygen atoms in total. The predicted octanol–water partition coefficient (Wildman–Crippen LogP) is 3.54. The topological polar surface area (TPSA) is 103 Å². The molecular weight excluding hydrogens is 512 g/mol. The Hall–Kier alpha value is -2.81. The highest BCUT2D eigenvalue weighted by atomic mass is 16.6. The van der Waals surface area contributed by atoms with Gasteiger partial charge in [0.2, 0.25) is 5.91 Å². The molecule has 5 rings (SSSR count). The second-order valence-corrected chi connectivity index (χ2v) is 13.2. The lowest BCUT2D eigenvalue weighted by Crippen LogP contribution is -2.66. The van der Waals surface area contributed by atoms with E-state index in [9.17, 15) is 14.4 Å². The molecule has 1 unspecified atom stereocenters. The Bertz CT molecular complexity index is 1170. The van der Waals surface area contributed by atoms with Gasteiger partial charge >= 0.3 is 11.9 Å². The molecule has 1 N–H and O–H groups in total. The molecule has 0 radical (unpaired) electrons. The Morgan fingerprint density at radius 2 is 1.93 bits per heavy atom. The van der Waals surface area contributed by atoms with Crippen molar-refractivity contribution in [2.45, 2.75) is 108 Å². The normalized spacial score (nSPS) is 29.2. The standard InChI is InChI=1S/C31H44N2O7/c1-17(2)26(29(36)40-30(3,4)5)32-23(34)12-13-24(35)38-22-11-9-19-20-16-18-8-10-21(37-7)27-25(18)31(19,28(22)39-27)14-15-33(20)6/h8,10,17,19-20,22,26,28H,9,11-16H2,1-7H3,(H,32,34)/t19?,20-,22+,26+,28+,31+/m1/s1. The number of ether oxygens (including phenoxy) is 4. The average molecular weight is 557 g/mol. The number of esters is 2. The molecule has 9 heteroatoms. The molecule has 1 saturated heterocycles. The SMILES string of the molecule is COc1ccc2c3c1O[C@H]1[C@@H](OC(=O)CCC(=O)N[C@H](C(=O)OC(C)(C)C)C(C)C)CCC4[C@@H](C2)N(C)CC[C@@]341. The maximum Gasteiger partial charge on any atom is 0.329 e. The summed E-state index contributed by atoms with van der Waals surface area (Å²) in [7, 11) is 3.87. The number of carbonyl (C=O) groups excluding carboxylic acids is 3. The zero-order valence-electron chi connectivity index (χ0n) is 24.9. The first-order valence-corrected chi connectivity index (χ1v) is 14.6. The number of methoxy groups -OCH3 is 1. The van der Waals surface area contributed by atoms with Crippen molar-refractivity contribution in [1.82, 2.24) is 10.2 Å². The van der Waals surface area contributed by atoms with E-state index in [0.717, 1.165) is 43.7 Å². The van der Waals surface area contributed by atoms with Crippen LogP contribution in [0.1, 0.15) is 77.8 Å². The number of carbonyl (C=O) groups is 3. The first kappa shape index (κ1) is 28.7. The molecule has 0 aromatic heterocycles. The van der Waals surface area contributed by atoms with E-state index in [2.05, 4.69) is 23.3 Å². The van der Waals surface area contributed by atoms with Crippen molar-refractivity contribution < 1.29 is 33.3 Å². The molecule has 4 aliphatic rings. The van der Waals surface area contributed by atoms with E-state index in [-0.39, 0.29) is 36.2 Å². The molecule has 2 bridgehead atoms. The molecule has 1 aromatic rings. The quantitative estimate of drug-likeness (QED) is 0.485. The van der Waals surface area contributed by atoms with Gasteiger partial charge < -0.3 is 29.2 Å². The highest BCUT2D eigenvalue weighted by Gasteiger charge is 2.66. The molecule has 2 aliphatic heterocycles. The minimum atomic E-state index is -0.782. The lowest BCUT2D eigenvalue weighted by Gasteiger charge is -2.58. The van der Waals surface area contributed by atoms with Crippen molar-refractivity contribution in [1.29, 1.82) is 0 Å². The van der Waals surface area contributed by atoms with Crippen LogP contribution in [0.3, 0.4) is 0 Å². The molecule has 2 heterocycles. The molecule has 2 fully saturated rings. The first-order chi connectivity index (χ1) is 18.9. The van der Waals surface area contributed by atoms with E-state index in [1.165, 1.54) is 11.1 Å². The van der Waals surface area contributed by atoms with Gasteiger partial charge in [0.1, 0.15) is 23.9 Å². The summed E-state index contributed by atoms with van der Waals surface area (Å²) >= 11 is 0. The second kappa shape index (κ2) is 10.5. The summed E-state index contributed by atoms with van der Waals surface area (Å²) < 4.78 is 23.9. The largest absolute Gasteiger partial charge is 0.493 e. The van der Waals surface area contributed by atoms with Crippen LogP contribution in [0.25, 0.3) is 0 Å². The summed E-state index contributed by atoms with van der Waals surface area (Å²) in [6.45, 7) is 10.0. The summed E-state index contributed by atoms with van der Waals surface area (Å²) in [5.74, 6) is 0.516. The maximum atomic E-state index is 13.0. The smallest absolute Gasteiger partial charge is 0.329 e. The number of hydrogen-bond donors (Lipinski definition) is 1. The van der Waals surface area contributed by atoms with Crippen LogP contribution in [0.5, 0.6) is 11.5 Å². The van der Waals surface area contributed by atoms with Crippen molar-refractivity contribution in [3.05, 3.63) is 23.3 Å². The first-order valence-electron chi connectivity index (χ1n) is 14.6. The Labute approximate surface area is 237 Å². The third-order valence-electron chi connectivity index (χ3n) is 9.23. The fraction of sp³-hybridized carbons (Fsp3) is 0.710. The molecule has 40 heavy (non-hydrogen) atoms. The fourth-order valence-electron chi connectivity index (χ4n) is 7.51. The summed E-state index contributed by atoms with van der Waals surface area (Å²) in [5.41, 5.74) is 1.70. The number of amides is 1. The zero-order valence-corrected chi connectivity index (χ0v) is 24.9. The summed E-state index contributed by atoms with van der Waals surface area (Å²) in [4.78, 5) is 40.8. The third kappa shape index (κ3) is 4.95. The van der Waals surface area contributed by atoms with Crippen LogP contribution in [-0.2, 0) is 35.7 Å². The van der Waals surface area contributed by atoms with Crippen LogP contribution in [0.2, 0.25) is 0 Å². The summed E-state index contributed by atoms with van der Waals surface area (Å²) in [5, 5.41) is 2.75. The average Bonchev–Trinajstić information content (AvgIpc) is 3.23. The van der Waals surface area contributed by atoms with Gasteiger partial charge in [0.15, 0.2) is 11.5 Å². The zero-order chi connectivity index (χ0) is 29.0. The Morgan fingerprint density at radius 1 is 1.18 bits per heavy atom. The molecule has 1 spiro atoms. The van der Waals surface area contributed by atoms with Gasteiger partial charge in [-0.25, -0.2) is 4.79 Å². The number of benzene rings is 1. The number of hydrogen-bond acceptors (Lipinski definition) is 8. The van der Waals surface area contributed by atoms with Gasteiger partial charge in [0.25, 0.3) is 0 Å². The van der Waals surface area contributed by atoms with Crippen molar-refractivity contribution in [3.63, 3.8) is 0 Å². The van der Waals surface area contributed by atoms with Crippen LogP contribution in [-0.4, -0.2) is 73.3 Å². The number of nitrogens with one attached hydrogen (secondary N) is 1. The van der Waals surface area contributed by atoms with Crippen molar-refractivity contribution >= 4 is 17.8 Å². The number of likely N-dealkylation sites (N-methyl/N-ethyl adjacent to an activating group) is 1. The number of rotatable bonds is 8. The van der Waals surface area contributed by atoms with Gasteiger partial charge in [0, 0.05) is 23.4 Å². The highest BCUT2D eigenvalue weighted by molar-refractivity contribution is 5.86. The third-order valence-corrected chi connectivity index (χ3v) is 9.23. The molecule has 1 aromatic carbocycles. The molecule has 6 atom stereocenters. The van der Waals surface area contributed by atoms with Crippen LogP contribution >= 0.6 is 0 Å². The Morgan fingerprint density at radius 3 is 2.60 bits per heavy atom. The van der Waals surface area contributed by atoms with Crippen molar-refractivity contribution in [3.8, 4) is 11.5 Å². The van der Waals surface area contributed by atoms with Gasteiger partial charge in [-0.1, -0.05) is 19.9 Å². The number of likely N-dealkylation sites (tertiary alicyclic amines) is 1. The number of piperidine rings is 1. The monoisotopic (exact) mass is 556 g/mol. The molecule has 2 aliphatic carbocycles. The minimum Gasteiger partial charge on any atom is -0.493 e. The molecule has 1 amide bonds. The lowest BCUT2D eigenvalue weighted by molar-refractivity contribution is -0.166. The van der Waals surface area contributed by atoms with Gasteiger partial charge in [-0.2, -0.15) is 0 Å². The minimum absolute atomic E-state index is 0.0675. The summed E-state index contributed by atoms with van der Waals surface area (Å²) in [6.07, 6.45) is 2.80. The Balaban J connectivity index is 1.26.